The lowest BCUT2D eigenvalue weighted by Gasteiger charge is -2.04. The molecule has 0 aliphatic rings. The Labute approximate surface area is 121 Å². The molecule has 0 bridgehead atoms. The van der Waals surface area contributed by atoms with E-state index >= 15 is 0 Å². The van der Waals surface area contributed by atoms with Gasteiger partial charge in [0.05, 0.1) is 11.1 Å². The fourth-order valence-electron chi connectivity index (χ4n) is 1.22. The standard InChI is InChI=1S/C9H5ClFN3O4S2/c10-9-6(14(15)16)3-8(19-9)20(17,18)13-7-2-1-5(11)4-12-7/h1-4H,(H,12,13). The molecule has 106 valence electrons. The summed E-state index contributed by atoms with van der Waals surface area (Å²) < 4.78 is 38.1. The summed E-state index contributed by atoms with van der Waals surface area (Å²) in [7, 11) is -4.07. The van der Waals surface area contributed by atoms with Crippen LogP contribution in [0.15, 0.2) is 28.6 Å². The maximum Gasteiger partial charge on any atom is 0.300 e. The van der Waals surface area contributed by atoms with Crippen LogP contribution >= 0.6 is 22.9 Å². The van der Waals surface area contributed by atoms with Crippen LogP contribution in [0.2, 0.25) is 4.34 Å². The number of sulfonamides is 1. The minimum absolute atomic E-state index is 0.112. The van der Waals surface area contributed by atoms with Crippen LogP contribution in [0.25, 0.3) is 0 Å². The number of nitrogens with zero attached hydrogens (tertiary/aromatic N) is 2. The molecule has 11 heteroatoms. The van der Waals surface area contributed by atoms with Gasteiger partial charge in [-0.15, -0.1) is 11.3 Å². The maximum atomic E-state index is 12.7. The third kappa shape index (κ3) is 3.03. The van der Waals surface area contributed by atoms with E-state index < -0.39 is 26.5 Å². The Morgan fingerprint density at radius 1 is 1.45 bits per heavy atom. The van der Waals surface area contributed by atoms with Crippen molar-refractivity contribution in [3.63, 3.8) is 0 Å². The Bertz CT molecular complexity index is 760. The lowest BCUT2D eigenvalue weighted by molar-refractivity contribution is -0.384. The van der Waals surface area contributed by atoms with Gasteiger partial charge in [0.25, 0.3) is 15.7 Å². The smallest absolute Gasteiger partial charge is 0.263 e. The van der Waals surface area contributed by atoms with E-state index in [-0.39, 0.29) is 14.4 Å². The zero-order chi connectivity index (χ0) is 14.9. The summed E-state index contributed by atoms with van der Waals surface area (Å²) in [5, 5.41) is 10.6. The third-order valence-electron chi connectivity index (χ3n) is 2.07. The normalized spacial score (nSPS) is 11.3. The van der Waals surface area contributed by atoms with Gasteiger partial charge in [0, 0.05) is 6.07 Å². The maximum absolute atomic E-state index is 12.7. The van der Waals surface area contributed by atoms with E-state index in [9.17, 15) is 22.9 Å². The highest BCUT2D eigenvalue weighted by atomic mass is 35.5. The van der Waals surface area contributed by atoms with Crippen LogP contribution in [0.5, 0.6) is 0 Å². The summed E-state index contributed by atoms with van der Waals surface area (Å²) in [5.41, 5.74) is -0.496. The number of rotatable bonds is 4. The summed E-state index contributed by atoms with van der Waals surface area (Å²) in [6.07, 6.45) is 0.835. The van der Waals surface area contributed by atoms with Crippen molar-refractivity contribution >= 4 is 44.5 Å². The molecule has 0 aliphatic carbocycles. The minimum atomic E-state index is -4.07. The molecular weight excluding hydrogens is 333 g/mol. The van der Waals surface area contributed by atoms with Crippen molar-refractivity contribution in [3.8, 4) is 0 Å². The summed E-state index contributed by atoms with van der Waals surface area (Å²) in [6.45, 7) is 0. The SMILES string of the molecule is O=[N+]([O-])c1cc(S(=O)(=O)Nc2ccc(F)cn2)sc1Cl. The summed E-state index contributed by atoms with van der Waals surface area (Å²) in [6, 6.07) is 2.99. The predicted molar refractivity (Wildman–Crippen MR) is 71.0 cm³/mol. The summed E-state index contributed by atoms with van der Waals surface area (Å²) in [5.74, 6) is -0.735. The van der Waals surface area contributed by atoms with Gasteiger partial charge in [-0.3, -0.25) is 14.8 Å². The van der Waals surface area contributed by atoms with Crippen molar-refractivity contribution in [1.29, 1.82) is 0 Å². The van der Waals surface area contributed by atoms with E-state index in [1.165, 1.54) is 0 Å². The Morgan fingerprint density at radius 3 is 2.65 bits per heavy atom. The second kappa shape index (κ2) is 5.31. The number of aromatic nitrogens is 1. The Kier molecular flexibility index (Phi) is 3.88. The molecule has 0 atom stereocenters. The van der Waals surface area contributed by atoms with Crippen LogP contribution < -0.4 is 4.72 Å². The monoisotopic (exact) mass is 337 g/mol. The largest absolute Gasteiger partial charge is 0.300 e. The second-order valence-corrected chi connectivity index (χ2v) is 7.01. The van der Waals surface area contributed by atoms with Gasteiger partial charge in [0.15, 0.2) is 4.34 Å². The molecule has 0 radical (unpaired) electrons. The van der Waals surface area contributed by atoms with Gasteiger partial charge in [0.1, 0.15) is 15.8 Å². The molecule has 0 saturated heterocycles. The molecule has 0 saturated carbocycles. The van der Waals surface area contributed by atoms with Gasteiger partial charge < -0.3 is 0 Å². The van der Waals surface area contributed by atoms with Gasteiger partial charge in [-0.1, -0.05) is 11.6 Å². The van der Waals surface area contributed by atoms with E-state index in [1.54, 1.807) is 0 Å². The summed E-state index contributed by atoms with van der Waals surface area (Å²) >= 11 is 6.13. The third-order valence-corrected chi connectivity index (χ3v) is 5.24. The van der Waals surface area contributed by atoms with E-state index in [4.69, 9.17) is 11.6 Å². The van der Waals surface area contributed by atoms with E-state index in [0.717, 1.165) is 24.4 Å². The van der Waals surface area contributed by atoms with Crippen LogP contribution in [0.3, 0.4) is 0 Å². The number of hydrogen-bond acceptors (Lipinski definition) is 6. The molecule has 7 nitrogen and oxygen atoms in total. The van der Waals surface area contributed by atoms with Crippen LogP contribution in [0.1, 0.15) is 0 Å². The first-order valence-electron chi connectivity index (χ1n) is 4.88. The average molecular weight is 338 g/mol. The van der Waals surface area contributed by atoms with Crippen molar-refractivity contribution < 1.29 is 17.7 Å². The first-order chi connectivity index (χ1) is 9.29. The Hall–Kier alpha value is -1.78. The van der Waals surface area contributed by atoms with Crippen LogP contribution in [-0.2, 0) is 10.0 Å². The fourth-order valence-corrected chi connectivity index (χ4v) is 3.89. The van der Waals surface area contributed by atoms with Crippen LogP contribution in [0, 0.1) is 15.9 Å². The lowest BCUT2D eigenvalue weighted by atomic mass is 10.5. The van der Waals surface area contributed by atoms with E-state index in [1.807, 2.05) is 0 Å². The number of thiophene rings is 1. The van der Waals surface area contributed by atoms with Crippen LogP contribution in [-0.4, -0.2) is 18.3 Å². The number of halogens is 2. The average Bonchev–Trinajstić information content (AvgIpc) is 2.75. The van der Waals surface area contributed by atoms with Gasteiger partial charge in [-0.25, -0.2) is 17.8 Å². The molecule has 0 aromatic carbocycles. The molecule has 2 aromatic heterocycles. The molecule has 20 heavy (non-hydrogen) atoms. The second-order valence-electron chi connectivity index (χ2n) is 3.45. The van der Waals surface area contributed by atoms with Crippen molar-refractivity contribution in [2.45, 2.75) is 4.21 Å². The quantitative estimate of drug-likeness (QED) is 0.682. The van der Waals surface area contributed by atoms with Gasteiger partial charge >= 0.3 is 0 Å². The summed E-state index contributed by atoms with van der Waals surface area (Å²) in [4.78, 5) is 13.4. The van der Waals surface area contributed by atoms with Gasteiger partial charge in [-0.05, 0) is 12.1 Å². The molecule has 0 unspecified atom stereocenters. The van der Waals surface area contributed by atoms with E-state index in [0.29, 0.717) is 11.3 Å². The lowest BCUT2D eigenvalue weighted by Crippen LogP contribution is -2.12. The number of nitro groups is 1. The minimum Gasteiger partial charge on any atom is -0.263 e. The molecular formula is C9H5ClFN3O4S2. The molecule has 2 rings (SSSR count). The molecule has 0 fully saturated rings. The number of nitrogens with one attached hydrogen (secondary N) is 1. The Morgan fingerprint density at radius 2 is 2.15 bits per heavy atom. The highest BCUT2D eigenvalue weighted by Crippen LogP contribution is 2.36. The molecule has 0 spiro atoms. The van der Waals surface area contributed by atoms with Crippen molar-refractivity contribution in [2.75, 3.05) is 4.72 Å². The van der Waals surface area contributed by atoms with Crippen molar-refractivity contribution in [1.82, 2.24) is 4.98 Å². The highest BCUT2D eigenvalue weighted by molar-refractivity contribution is 7.94. The predicted octanol–water partition coefficient (Wildman–Crippen LogP) is 2.64. The van der Waals surface area contributed by atoms with E-state index in [2.05, 4.69) is 9.71 Å². The number of hydrogen-bond donors (Lipinski definition) is 1. The molecule has 2 aromatic rings. The Balaban J connectivity index is 2.33. The van der Waals surface area contributed by atoms with Crippen LogP contribution in [0.4, 0.5) is 15.9 Å². The first kappa shape index (κ1) is 14.6. The zero-order valence-corrected chi connectivity index (χ0v) is 11.8. The first-order valence-corrected chi connectivity index (χ1v) is 7.55. The molecule has 1 N–H and O–H groups in total. The topological polar surface area (TPSA) is 102 Å². The zero-order valence-electron chi connectivity index (χ0n) is 9.41. The van der Waals surface area contributed by atoms with Crippen molar-refractivity contribution in [2.24, 2.45) is 0 Å². The number of pyridine rings is 1. The highest BCUT2D eigenvalue weighted by Gasteiger charge is 2.25. The molecule has 0 aliphatic heterocycles. The van der Waals surface area contributed by atoms with Gasteiger partial charge in [-0.2, -0.15) is 0 Å². The molecule has 0 amide bonds. The fraction of sp³-hybridized carbons (Fsp3) is 0. The molecule has 2 heterocycles. The number of anilines is 1. The van der Waals surface area contributed by atoms with Gasteiger partial charge in [0.2, 0.25) is 0 Å². The van der Waals surface area contributed by atoms with Crippen molar-refractivity contribution in [3.05, 3.63) is 44.7 Å².